The third-order valence-electron chi connectivity index (χ3n) is 14.1. The van der Waals surface area contributed by atoms with Crippen molar-refractivity contribution in [1.82, 2.24) is 0 Å². The van der Waals surface area contributed by atoms with Crippen LogP contribution < -0.4 is 9.80 Å². The molecule has 1 fully saturated rings. The van der Waals surface area contributed by atoms with Gasteiger partial charge in [-0.2, -0.15) is 0 Å². The molecule has 0 bridgehead atoms. The van der Waals surface area contributed by atoms with Gasteiger partial charge in [-0.25, -0.2) is 0 Å². The van der Waals surface area contributed by atoms with Gasteiger partial charge in [-0.05, 0) is 154 Å². The predicted octanol–water partition coefficient (Wildman–Crippen LogP) is 17.7. The molecule has 0 N–H and O–H groups in total. The molecule has 11 rings (SSSR count). The van der Waals surface area contributed by atoms with Crippen LogP contribution in [0.4, 0.5) is 28.4 Å². The zero-order valence-corrected chi connectivity index (χ0v) is 37.5. The standard InChI is InChI=1S/C64H54N2/c1-2-19-63(51-24-12-5-13-25-51)66(54-28-14-6-15-29-54)58-39-41-60-59-40-38-57(45-61(59)64(62(60)46-58)42-16-7-17-43-64)65(55-34-30-49(31-35-55)47-20-8-3-9-21-47)56-36-32-50(33-37-56)53-27-18-26-52(44-53)48-22-10-4-11-23-48/h2-6,8-15,19-25,27-41,44-46H,1,7,16-18,26,42-43H2/b63-19+. The number of hydrogen-bond donors (Lipinski definition) is 0. The van der Waals surface area contributed by atoms with Gasteiger partial charge in [0.05, 0.1) is 5.70 Å². The summed E-state index contributed by atoms with van der Waals surface area (Å²) >= 11 is 0. The summed E-state index contributed by atoms with van der Waals surface area (Å²) in [5.41, 5.74) is 21.2. The highest BCUT2D eigenvalue weighted by atomic mass is 15.2. The van der Waals surface area contributed by atoms with Crippen LogP contribution >= 0.6 is 0 Å². The van der Waals surface area contributed by atoms with Gasteiger partial charge in [-0.3, -0.25) is 0 Å². The normalized spacial score (nSPS) is 15.0. The number of rotatable bonds is 11. The minimum Gasteiger partial charge on any atom is -0.310 e. The molecule has 8 aromatic carbocycles. The summed E-state index contributed by atoms with van der Waals surface area (Å²) in [5, 5.41) is 0. The van der Waals surface area contributed by atoms with E-state index in [1.54, 1.807) is 0 Å². The van der Waals surface area contributed by atoms with E-state index < -0.39 is 0 Å². The lowest BCUT2D eigenvalue weighted by Crippen LogP contribution is -2.28. The van der Waals surface area contributed by atoms with Gasteiger partial charge >= 0.3 is 0 Å². The minimum atomic E-state index is -0.0880. The first-order chi connectivity index (χ1) is 32.7. The van der Waals surface area contributed by atoms with Gasteiger partial charge in [-0.15, -0.1) is 0 Å². The Labute approximate surface area is 390 Å². The van der Waals surface area contributed by atoms with Crippen LogP contribution in [0.5, 0.6) is 0 Å². The van der Waals surface area contributed by atoms with E-state index in [4.69, 9.17) is 0 Å². The number of nitrogens with zero attached hydrogens (tertiary/aromatic N) is 2. The molecule has 0 radical (unpaired) electrons. The number of allylic oxidation sites excluding steroid dienone is 6. The van der Waals surface area contributed by atoms with Crippen molar-refractivity contribution in [3.05, 3.63) is 265 Å². The lowest BCUT2D eigenvalue weighted by atomic mass is 9.67. The van der Waals surface area contributed by atoms with Crippen LogP contribution in [0.3, 0.4) is 0 Å². The highest BCUT2D eigenvalue weighted by Crippen LogP contribution is 2.58. The molecule has 0 saturated heterocycles. The second-order valence-corrected chi connectivity index (χ2v) is 18.0. The summed E-state index contributed by atoms with van der Waals surface area (Å²) in [5.74, 6) is 0. The summed E-state index contributed by atoms with van der Waals surface area (Å²) in [4.78, 5) is 4.88. The van der Waals surface area contributed by atoms with Gasteiger partial charge in [-0.1, -0.05) is 190 Å². The maximum atomic E-state index is 4.16. The Hall–Kier alpha value is -7.68. The molecule has 1 saturated carbocycles. The molecular weight excluding hydrogens is 797 g/mol. The molecule has 1 spiro atoms. The molecule has 2 heteroatoms. The van der Waals surface area contributed by atoms with Crippen molar-refractivity contribution in [2.75, 3.05) is 9.80 Å². The van der Waals surface area contributed by atoms with Crippen molar-refractivity contribution in [2.24, 2.45) is 0 Å². The summed E-state index contributed by atoms with van der Waals surface area (Å²) in [6, 6.07) is 75.9. The molecule has 2 nitrogen and oxygen atoms in total. The van der Waals surface area contributed by atoms with Crippen LogP contribution in [-0.2, 0) is 5.41 Å². The molecule has 3 aliphatic carbocycles. The van der Waals surface area contributed by atoms with E-state index in [0.29, 0.717) is 0 Å². The average molecular weight is 851 g/mol. The maximum Gasteiger partial charge on any atom is 0.0533 e. The maximum absolute atomic E-state index is 4.16. The predicted molar refractivity (Wildman–Crippen MR) is 281 cm³/mol. The Bertz CT molecular complexity index is 3080. The van der Waals surface area contributed by atoms with Crippen LogP contribution in [0.25, 0.3) is 39.1 Å². The summed E-state index contributed by atoms with van der Waals surface area (Å²) in [7, 11) is 0. The summed E-state index contributed by atoms with van der Waals surface area (Å²) in [6.45, 7) is 4.16. The fraction of sp³-hybridized carbons (Fsp3) is 0.125. The Morgan fingerprint density at radius 2 is 0.985 bits per heavy atom. The van der Waals surface area contributed by atoms with E-state index >= 15 is 0 Å². The highest BCUT2D eigenvalue weighted by Gasteiger charge is 2.44. The van der Waals surface area contributed by atoms with Gasteiger partial charge in [0.2, 0.25) is 0 Å². The lowest BCUT2D eigenvalue weighted by Gasteiger charge is -2.37. The van der Waals surface area contributed by atoms with Gasteiger partial charge in [0, 0.05) is 33.9 Å². The van der Waals surface area contributed by atoms with E-state index in [-0.39, 0.29) is 5.41 Å². The lowest BCUT2D eigenvalue weighted by molar-refractivity contribution is 0.353. The van der Waals surface area contributed by atoms with E-state index in [0.717, 1.165) is 59.7 Å². The van der Waals surface area contributed by atoms with Crippen LogP contribution in [0, 0.1) is 0 Å². The van der Waals surface area contributed by atoms with Crippen molar-refractivity contribution in [3.63, 3.8) is 0 Å². The average Bonchev–Trinajstić information content (AvgIpc) is 3.65. The van der Waals surface area contributed by atoms with Crippen molar-refractivity contribution in [1.29, 1.82) is 0 Å². The fourth-order valence-corrected chi connectivity index (χ4v) is 10.9. The van der Waals surface area contributed by atoms with E-state index in [2.05, 4.69) is 241 Å². The SMILES string of the molecule is C=C/C=C(\c1ccccc1)N(c1ccccc1)c1ccc2c(c1)C1(CCCCC1)c1cc(N(c3ccc(C4=CCCC(c5ccccc5)=C4)cc3)c3ccc(-c4ccccc4)cc3)ccc1-2. The summed E-state index contributed by atoms with van der Waals surface area (Å²) < 4.78 is 0. The van der Waals surface area contributed by atoms with E-state index in [1.807, 2.05) is 6.08 Å². The van der Waals surface area contributed by atoms with Crippen molar-refractivity contribution in [2.45, 2.75) is 50.4 Å². The molecule has 0 atom stereocenters. The van der Waals surface area contributed by atoms with Gasteiger partial charge in [0.25, 0.3) is 0 Å². The quantitative estimate of drug-likeness (QED) is 0.120. The highest BCUT2D eigenvalue weighted by molar-refractivity contribution is 5.93. The third kappa shape index (κ3) is 7.73. The first kappa shape index (κ1) is 41.1. The Kier molecular flexibility index (Phi) is 11.2. The number of fused-ring (bicyclic) bond motifs is 5. The Balaban J connectivity index is 1.01. The zero-order chi connectivity index (χ0) is 44.3. The molecule has 0 heterocycles. The van der Waals surface area contributed by atoms with Crippen molar-refractivity contribution in [3.8, 4) is 22.3 Å². The van der Waals surface area contributed by atoms with Crippen LogP contribution in [0.15, 0.2) is 237 Å². The Morgan fingerprint density at radius 1 is 0.470 bits per heavy atom. The van der Waals surface area contributed by atoms with Crippen LogP contribution in [-0.4, -0.2) is 0 Å². The summed E-state index contributed by atoms with van der Waals surface area (Å²) in [6.07, 6.45) is 16.9. The largest absolute Gasteiger partial charge is 0.310 e. The first-order valence-corrected chi connectivity index (χ1v) is 23.7. The van der Waals surface area contributed by atoms with E-state index in [9.17, 15) is 0 Å². The molecule has 0 amide bonds. The van der Waals surface area contributed by atoms with Gasteiger partial charge < -0.3 is 9.80 Å². The zero-order valence-electron chi connectivity index (χ0n) is 37.5. The minimum absolute atomic E-state index is 0.0880. The second kappa shape index (κ2) is 18.1. The number of para-hydroxylation sites is 1. The van der Waals surface area contributed by atoms with Crippen LogP contribution in [0.1, 0.15) is 72.8 Å². The first-order valence-electron chi connectivity index (χ1n) is 23.7. The molecule has 0 aliphatic heterocycles. The molecule has 0 aromatic heterocycles. The fourth-order valence-electron chi connectivity index (χ4n) is 10.9. The number of benzene rings is 8. The number of anilines is 5. The molecular formula is C64H54N2. The van der Waals surface area contributed by atoms with Gasteiger partial charge in [0.1, 0.15) is 0 Å². The van der Waals surface area contributed by atoms with E-state index in [1.165, 1.54) is 80.6 Å². The van der Waals surface area contributed by atoms with Crippen LogP contribution in [0.2, 0.25) is 0 Å². The third-order valence-corrected chi connectivity index (χ3v) is 14.1. The monoisotopic (exact) mass is 850 g/mol. The smallest absolute Gasteiger partial charge is 0.0533 e. The molecule has 3 aliphatic rings. The topological polar surface area (TPSA) is 6.48 Å². The molecule has 8 aromatic rings. The number of hydrogen-bond acceptors (Lipinski definition) is 2. The second-order valence-electron chi connectivity index (χ2n) is 18.0. The Morgan fingerprint density at radius 3 is 1.61 bits per heavy atom. The molecule has 320 valence electrons. The van der Waals surface area contributed by atoms with Crippen molar-refractivity contribution < 1.29 is 0 Å². The molecule has 66 heavy (non-hydrogen) atoms. The van der Waals surface area contributed by atoms with Gasteiger partial charge in [0.15, 0.2) is 0 Å². The van der Waals surface area contributed by atoms with Crippen molar-refractivity contribution >= 4 is 45.3 Å². The molecule has 0 unspecified atom stereocenters.